The van der Waals surface area contributed by atoms with E-state index in [0.717, 1.165) is 23.3 Å². The fourth-order valence-electron chi connectivity index (χ4n) is 2.10. The first kappa shape index (κ1) is 17.3. The zero-order chi connectivity index (χ0) is 16.7. The number of urea groups is 1. The summed E-state index contributed by atoms with van der Waals surface area (Å²) in [5.74, 6) is 0.815. The van der Waals surface area contributed by atoms with Crippen molar-refractivity contribution in [2.75, 3.05) is 20.2 Å². The Morgan fingerprint density at radius 1 is 1.26 bits per heavy atom. The van der Waals surface area contributed by atoms with E-state index in [2.05, 4.69) is 10.6 Å². The average molecular weight is 334 g/mol. The highest BCUT2D eigenvalue weighted by Gasteiger charge is 2.23. The molecule has 2 aromatic rings. The second-order valence-electron chi connectivity index (χ2n) is 5.49. The molecule has 1 unspecified atom stereocenters. The molecule has 1 aromatic heterocycles. The zero-order valence-corrected chi connectivity index (χ0v) is 14.2. The SMILES string of the molecule is COc1ccc(CCNC(=O)NCC(C)(O)c2ccsc2)cc1. The number of hydrogen-bond acceptors (Lipinski definition) is 4. The van der Waals surface area contributed by atoms with Gasteiger partial charge < -0.3 is 20.5 Å². The monoisotopic (exact) mass is 334 g/mol. The Morgan fingerprint density at radius 2 is 2.00 bits per heavy atom. The second-order valence-corrected chi connectivity index (χ2v) is 6.27. The van der Waals surface area contributed by atoms with Crippen molar-refractivity contribution in [2.45, 2.75) is 18.9 Å². The van der Waals surface area contributed by atoms with E-state index >= 15 is 0 Å². The minimum atomic E-state index is -1.06. The molecule has 0 aliphatic carbocycles. The van der Waals surface area contributed by atoms with Gasteiger partial charge in [-0.15, -0.1) is 0 Å². The summed E-state index contributed by atoms with van der Waals surface area (Å²) in [6.07, 6.45) is 0.734. The van der Waals surface area contributed by atoms with E-state index in [9.17, 15) is 9.90 Å². The maximum atomic E-state index is 11.8. The number of amides is 2. The first-order valence-corrected chi connectivity index (χ1v) is 8.35. The van der Waals surface area contributed by atoms with Gasteiger partial charge in [0.15, 0.2) is 0 Å². The largest absolute Gasteiger partial charge is 0.497 e. The third kappa shape index (κ3) is 5.26. The van der Waals surface area contributed by atoms with Crippen molar-refractivity contribution >= 4 is 17.4 Å². The summed E-state index contributed by atoms with van der Waals surface area (Å²) in [6.45, 7) is 2.38. The molecular weight excluding hydrogens is 312 g/mol. The van der Waals surface area contributed by atoms with E-state index in [4.69, 9.17) is 4.74 Å². The van der Waals surface area contributed by atoms with Gasteiger partial charge in [-0.3, -0.25) is 0 Å². The second kappa shape index (κ2) is 7.99. The lowest BCUT2D eigenvalue weighted by molar-refractivity contribution is 0.0598. The van der Waals surface area contributed by atoms with Gasteiger partial charge in [-0.1, -0.05) is 12.1 Å². The van der Waals surface area contributed by atoms with Gasteiger partial charge in [-0.2, -0.15) is 11.3 Å². The lowest BCUT2D eigenvalue weighted by Gasteiger charge is -2.22. The molecule has 2 rings (SSSR count). The van der Waals surface area contributed by atoms with E-state index in [-0.39, 0.29) is 12.6 Å². The minimum absolute atomic E-state index is 0.165. The molecule has 1 atom stereocenters. The molecule has 0 saturated heterocycles. The van der Waals surface area contributed by atoms with Gasteiger partial charge in [0, 0.05) is 6.54 Å². The predicted molar refractivity (Wildman–Crippen MR) is 92.0 cm³/mol. The summed E-state index contributed by atoms with van der Waals surface area (Å²) in [4.78, 5) is 11.8. The molecule has 0 aliphatic heterocycles. The number of carbonyl (C=O) groups excluding carboxylic acids is 1. The van der Waals surface area contributed by atoms with E-state index < -0.39 is 5.60 Å². The third-order valence-electron chi connectivity index (χ3n) is 3.59. The van der Waals surface area contributed by atoms with E-state index in [1.165, 1.54) is 11.3 Å². The summed E-state index contributed by atoms with van der Waals surface area (Å²) in [6, 6.07) is 9.31. The number of nitrogens with one attached hydrogen (secondary N) is 2. The molecule has 23 heavy (non-hydrogen) atoms. The smallest absolute Gasteiger partial charge is 0.314 e. The van der Waals surface area contributed by atoms with E-state index in [0.29, 0.717) is 6.54 Å². The van der Waals surface area contributed by atoms with Gasteiger partial charge in [-0.25, -0.2) is 4.79 Å². The molecule has 6 heteroatoms. The highest BCUT2D eigenvalue weighted by molar-refractivity contribution is 7.08. The van der Waals surface area contributed by atoms with Crippen LogP contribution in [-0.2, 0) is 12.0 Å². The molecular formula is C17H22N2O3S. The normalized spacial score (nSPS) is 13.2. The van der Waals surface area contributed by atoms with E-state index in [1.54, 1.807) is 14.0 Å². The Labute approximate surface area is 140 Å². The number of rotatable bonds is 7. The Hall–Kier alpha value is -2.05. The Bertz CT molecular complexity index is 609. The molecule has 1 heterocycles. The van der Waals surface area contributed by atoms with Crippen molar-refractivity contribution in [2.24, 2.45) is 0 Å². The number of benzene rings is 1. The summed E-state index contributed by atoms with van der Waals surface area (Å²) in [5, 5.41) is 19.6. The molecule has 0 fully saturated rings. The first-order chi connectivity index (χ1) is 11.0. The maximum Gasteiger partial charge on any atom is 0.314 e. The van der Waals surface area contributed by atoms with Crippen LogP contribution in [0.15, 0.2) is 41.1 Å². The van der Waals surface area contributed by atoms with Gasteiger partial charge in [-0.05, 0) is 53.4 Å². The van der Waals surface area contributed by atoms with Crippen LogP contribution in [0, 0.1) is 0 Å². The molecule has 0 saturated carbocycles. The van der Waals surface area contributed by atoms with Crippen LogP contribution >= 0.6 is 11.3 Å². The summed E-state index contributed by atoms with van der Waals surface area (Å²) in [5.41, 5.74) is 0.866. The highest BCUT2D eigenvalue weighted by Crippen LogP contribution is 2.21. The minimum Gasteiger partial charge on any atom is -0.497 e. The Kier molecular flexibility index (Phi) is 6.01. The number of carbonyl (C=O) groups is 1. The quantitative estimate of drug-likeness (QED) is 0.728. The molecule has 0 spiro atoms. The van der Waals surface area contributed by atoms with Crippen LogP contribution in [0.2, 0.25) is 0 Å². The molecule has 0 aliphatic rings. The maximum absolute atomic E-state index is 11.8. The van der Waals surface area contributed by atoms with Crippen molar-refractivity contribution in [1.82, 2.24) is 10.6 Å². The van der Waals surface area contributed by atoms with Crippen LogP contribution in [0.4, 0.5) is 4.79 Å². The van der Waals surface area contributed by atoms with Crippen molar-refractivity contribution in [3.63, 3.8) is 0 Å². The van der Waals surface area contributed by atoms with Crippen LogP contribution in [0.1, 0.15) is 18.1 Å². The summed E-state index contributed by atoms with van der Waals surface area (Å²) < 4.78 is 5.10. The standard InChI is InChI=1S/C17H22N2O3S/c1-17(21,14-8-10-23-11-14)12-19-16(20)18-9-7-13-3-5-15(22-2)6-4-13/h3-6,8,10-11,21H,7,9,12H2,1-2H3,(H2,18,19,20). The van der Waals surface area contributed by atoms with Crippen LogP contribution in [-0.4, -0.2) is 31.3 Å². The average Bonchev–Trinajstić information content (AvgIpc) is 3.09. The highest BCUT2D eigenvalue weighted by atomic mass is 32.1. The molecule has 2 amide bonds. The number of methoxy groups -OCH3 is 1. The Morgan fingerprint density at radius 3 is 2.61 bits per heavy atom. The number of ether oxygens (including phenoxy) is 1. The molecule has 1 aromatic carbocycles. The van der Waals surface area contributed by atoms with Crippen molar-refractivity contribution in [3.8, 4) is 5.75 Å². The summed E-state index contributed by atoms with van der Waals surface area (Å²) in [7, 11) is 1.63. The van der Waals surface area contributed by atoms with Crippen molar-refractivity contribution in [1.29, 1.82) is 0 Å². The first-order valence-electron chi connectivity index (χ1n) is 7.41. The lowest BCUT2D eigenvalue weighted by atomic mass is 9.99. The lowest BCUT2D eigenvalue weighted by Crippen LogP contribution is -2.43. The van der Waals surface area contributed by atoms with Gasteiger partial charge in [0.2, 0.25) is 0 Å². The number of hydrogen-bond donors (Lipinski definition) is 3. The van der Waals surface area contributed by atoms with Crippen LogP contribution < -0.4 is 15.4 Å². The molecule has 0 radical (unpaired) electrons. The molecule has 5 nitrogen and oxygen atoms in total. The summed E-state index contributed by atoms with van der Waals surface area (Å²) >= 11 is 1.52. The number of thiophene rings is 1. The van der Waals surface area contributed by atoms with Crippen molar-refractivity contribution < 1.29 is 14.6 Å². The van der Waals surface area contributed by atoms with Crippen LogP contribution in [0.25, 0.3) is 0 Å². The zero-order valence-electron chi connectivity index (χ0n) is 13.3. The van der Waals surface area contributed by atoms with Gasteiger partial charge in [0.1, 0.15) is 11.4 Å². The van der Waals surface area contributed by atoms with E-state index in [1.807, 2.05) is 41.1 Å². The van der Waals surface area contributed by atoms with Gasteiger partial charge >= 0.3 is 6.03 Å². The Balaban J connectivity index is 1.70. The third-order valence-corrected chi connectivity index (χ3v) is 4.28. The number of aliphatic hydroxyl groups is 1. The fourth-order valence-corrected chi connectivity index (χ4v) is 2.88. The van der Waals surface area contributed by atoms with Gasteiger partial charge in [0.25, 0.3) is 0 Å². The molecule has 124 valence electrons. The van der Waals surface area contributed by atoms with Gasteiger partial charge in [0.05, 0.1) is 13.7 Å². The van der Waals surface area contributed by atoms with Crippen molar-refractivity contribution in [3.05, 3.63) is 52.2 Å². The topological polar surface area (TPSA) is 70.6 Å². The molecule has 3 N–H and O–H groups in total. The van der Waals surface area contributed by atoms with Crippen LogP contribution in [0.5, 0.6) is 5.75 Å². The molecule has 0 bridgehead atoms. The van der Waals surface area contributed by atoms with Crippen LogP contribution in [0.3, 0.4) is 0 Å². The fraction of sp³-hybridized carbons (Fsp3) is 0.353. The predicted octanol–water partition coefficient (Wildman–Crippen LogP) is 2.51.